The molecule has 9 nitrogen and oxygen atoms in total. The molecule has 1 aliphatic carbocycles. The number of fused-ring (bicyclic) bond motifs is 6. The van der Waals surface area contributed by atoms with Crippen LogP contribution in [0.4, 0.5) is 11.8 Å². The molecule has 1 saturated carbocycles. The summed E-state index contributed by atoms with van der Waals surface area (Å²) in [5.41, 5.74) is 0.847. The van der Waals surface area contributed by atoms with E-state index in [1.54, 1.807) is 11.2 Å². The van der Waals surface area contributed by atoms with Crippen molar-refractivity contribution in [1.29, 1.82) is 0 Å². The SMILES string of the molecule is OC1(c2noc(N3CN=C4c5ccccc5-n5c(cnc5Cl)N43)n2)CCCC1. The molecular formula is C18H16ClN7O2. The van der Waals surface area contributed by atoms with E-state index in [-0.39, 0.29) is 6.01 Å². The van der Waals surface area contributed by atoms with Crippen LogP contribution >= 0.6 is 11.6 Å². The first-order valence-corrected chi connectivity index (χ1v) is 9.55. The van der Waals surface area contributed by atoms with Gasteiger partial charge in [-0.25, -0.2) is 20.0 Å². The maximum Gasteiger partial charge on any atom is 0.345 e. The van der Waals surface area contributed by atoms with Crippen molar-refractivity contribution in [2.45, 2.75) is 31.3 Å². The number of aliphatic hydroxyl groups is 1. The second-order valence-electron chi connectivity index (χ2n) is 7.21. The number of rotatable bonds is 2. The summed E-state index contributed by atoms with van der Waals surface area (Å²) in [6.07, 6.45) is 4.89. The van der Waals surface area contributed by atoms with Crippen LogP contribution in [0.25, 0.3) is 5.69 Å². The Bertz CT molecular complexity index is 1110. The van der Waals surface area contributed by atoms with Gasteiger partial charge >= 0.3 is 6.01 Å². The number of hydrazine groups is 1. The van der Waals surface area contributed by atoms with E-state index in [4.69, 9.17) is 16.1 Å². The molecule has 28 heavy (non-hydrogen) atoms. The maximum atomic E-state index is 10.8. The normalized spacial score (nSPS) is 19.4. The zero-order valence-corrected chi connectivity index (χ0v) is 15.5. The molecule has 2 aliphatic heterocycles. The van der Waals surface area contributed by atoms with Gasteiger partial charge in [-0.1, -0.05) is 17.3 Å². The predicted octanol–water partition coefficient (Wildman–Crippen LogP) is 2.63. The second-order valence-corrected chi connectivity index (χ2v) is 7.55. The quantitative estimate of drug-likeness (QED) is 0.710. The summed E-state index contributed by atoms with van der Waals surface area (Å²) >= 11 is 6.36. The van der Waals surface area contributed by atoms with Crippen LogP contribution in [-0.4, -0.2) is 37.3 Å². The highest BCUT2D eigenvalue weighted by atomic mass is 35.5. The van der Waals surface area contributed by atoms with Gasteiger partial charge in [-0.05, 0) is 49.4 Å². The van der Waals surface area contributed by atoms with Crippen molar-refractivity contribution in [2.24, 2.45) is 4.99 Å². The number of nitrogens with zero attached hydrogens (tertiary/aromatic N) is 7. The molecule has 0 amide bonds. The van der Waals surface area contributed by atoms with Gasteiger partial charge in [0.05, 0.1) is 11.9 Å². The highest BCUT2D eigenvalue weighted by Gasteiger charge is 2.42. The lowest BCUT2D eigenvalue weighted by atomic mass is 10.0. The Kier molecular flexibility index (Phi) is 3.19. The van der Waals surface area contributed by atoms with Crippen LogP contribution in [0.2, 0.25) is 5.28 Å². The molecule has 2 aromatic heterocycles. The summed E-state index contributed by atoms with van der Waals surface area (Å²) < 4.78 is 7.37. The maximum absolute atomic E-state index is 10.8. The van der Waals surface area contributed by atoms with Crippen molar-refractivity contribution < 1.29 is 9.63 Å². The highest BCUT2D eigenvalue weighted by molar-refractivity contribution is 6.29. The van der Waals surface area contributed by atoms with Crippen molar-refractivity contribution in [3.8, 4) is 5.69 Å². The molecule has 0 atom stereocenters. The van der Waals surface area contributed by atoms with Gasteiger partial charge in [0.1, 0.15) is 12.3 Å². The van der Waals surface area contributed by atoms with E-state index in [9.17, 15) is 5.11 Å². The molecule has 0 bridgehead atoms. The molecule has 142 valence electrons. The lowest BCUT2D eigenvalue weighted by Gasteiger charge is -2.33. The summed E-state index contributed by atoms with van der Waals surface area (Å²) in [5.74, 6) is 1.83. The Hall–Kier alpha value is -2.91. The van der Waals surface area contributed by atoms with Crippen molar-refractivity contribution in [3.05, 3.63) is 47.1 Å². The fourth-order valence-corrected chi connectivity index (χ4v) is 4.43. The standard InChI is InChI=1S/C18H16ClN7O2/c19-16-20-9-13-25(16)12-6-2-1-5-11(12)14-21-10-24(26(13)14)17-22-15(23-28-17)18(27)7-3-4-8-18/h1-2,5-6,9,27H,3-4,7-8,10H2. The third-order valence-electron chi connectivity index (χ3n) is 5.58. The number of halogens is 1. The van der Waals surface area contributed by atoms with E-state index in [0.29, 0.717) is 30.6 Å². The Balaban J connectivity index is 1.44. The Morgan fingerprint density at radius 1 is 1.18 bits per heavy atom. The molecule has 1 fully saturated rings. The molecule has 0 radical (unpaired) electrons. The van der Waals surface area contributed by atoms with Crippen molar-refractivity contribution in [2.75, 3.05) is 16.7 Å². The summed E-state index contributed by atoms with van der Waals surface area (Å²) in [4.78, 5) is 13.4. The van der Waals surface area contributed by atoms with Crippen molar-refractivity contribution in [1.82, 2.24) is 19.7 Å². The molecule has 0 saturated heterocycles. The average Bonchev–Trinajstić information content (AvgIpc) is 3.47. The number of hydrogen-bond donors (Lipinski definition) is 1. The summed E-state index contributed by atoms with van der Waals surface area (Å²) in [7, 11) is 0. The number of amidine groups is 1. The van der Waals surface area contributed by atoms with Crippen molar-refractivity contribution in [3.63, 3.8) is 0 Å². The molecule has 3 aromatic rings. The number of para-hydroxylation sites is 1. The molecule has 4 heterocycles. The number of aliphatic imine (C=N–C) groups is 1. The number of aromatic nitrogens is 4. The van der Waals surface area contributed by atoms with Crippen molar-refractivity contribution >= 4 is 29.3 Å². The minimum absolute atomic E-state index is 0.275. The van der Waals surface area contributed by atoms with Crippen LogP contribution in [0.3, 0.4) is 0 Å². The fraction of sp³-hybridized carbons (Fsp3) is 0.333. The third-order valence-corrected chi connectivity index (χ3v) is 5.85. The van der Waals surface area contributed by atoms with Gasteiger partial charge in [-0.2, -0.15) is 4.98 Å². The molecule has 6 rings (SSSR count). The molecular weight excluding hydrogens is 382 g/mol. The van der Waals surface area contributed by atoms with E-state index >= 15 is 0 Å². The van der Waals surface area contributed by atoms with E-state index in [1.165, 1.54) is 0 Å². The van der Waals surface area contributed by atoms with E-state index in [2.05, 4.69) is 20.1 Å². The topological polar surface area (TPSA) is 95.8 Å². The van der Waals surface area contributed by atoms with Crippen LogP contribution in [0.5, 0.6) is 0 Å². The molecule has 10 heteroatoms. The molecule has 0 unspecified atom stereocenters. The van der Waals surface area contributed by atoms with Gasteiger partial charge in [0.15, 0.2) is 11.7 Å². The van der Waals surface area contributed by atoms with Gasteiger partial charge in [0.25, 0.3) is 0 Å². The molecule has 1 N–H and O–H groups in total. The van der Waals surface area contributed by atoms with Gasteiger partial charge in [0, 0.05) is 5.56 Å². The largest absolute Gasteiger partial charge is 0.382 e. The van der Waals surface area contributed by atoms with Gasteiger partial charge in [-0.15, -0.1) is 0 Å². The van der Waals surface area contributed by atoms with E-state index in [1.807, 2.05) is 33.8 Å². The number of benzene rings is 1. The van der Waals surface area contributed by atoms with Gasteiger partial charge in [0.2, 0.25) is 11.1 Å². The average molecular weight is 398 g/mol. The molecule has 0 spiro atoms. The van der Waals surface area contributed by atoms with Crippen LogP contribution in [0, 0.1) is 0 Å². The van der Waals surface area contributed by atoms with Crippen LogP contribution in [0.1, 0.15) is 37.1 Å². The zero-order chi connectivity index (χ0) is 18.9. The summed E-state index contributed by atoms with van der Waals surface area (Å²) in [6.45, 7) is 0.312. The van der Waals surface area contributed by atoms with Crippen LogP contribution in [-0.2, 0) is 5.60 Å². The minimum atomic E-state index is -1.01. The third kappa shape index (κ3) is 2.05. The minimum Gasteiger partial charge on any atom is -0.382 e. The fourth-order valence-electron chi connectivity index (χ4n) is 4.20. The predicted molar refractivity (Wildman–Crippen MR) is 102 cm³/mol. The van der Waals surface area contributed by atoms with Gasteiger partial charge in [-0.3, -0.25) is 4.57 Å². The number of hydrogen-bond acceptors (Lipinski definition) is 8. The lowest BCUT2D eigenvalue weighted by Crippen LogP contribution is -2.45. The van der Waals surface area contributed by atoms with Gasteiger partial charge < -0.3 is 9.63 Å². The lowest BCUT2D eigenvalue weighted by molar-refractivity contribution is 0.0328. The van der Waals surface area contributed by atoms with E-state index in [0.717, 1.165) is 35.7 Å². The summed E-state index contributed by atoms with van der Waals surface area (Å²) in [6, 6.07) is 8.16. The summed E-state index contributed by atoms with van der Waals surface area (Å²) in [5, 5.41) is 18.8. The Labute approximate surface area is 164 Å². The number of anilines is 2. The van der Waals surface area contributed by atoms with E-state index < -0.39 is 5.60 Å². The van der Waals surface area contributed by atoms with Crippen LogP contribution < -0.4 is 10.0 Å². The zero-order valence-electron chi connectivity index (χ0n) is 14.8. The molecule has 3 aliphatic rings. The first-order valence-electron chi connectivity index (χ1n) is 9.17. The Morgan fingerprint density at radius 2 is 2.00 bits per heavy atom. The first kappa shape index (κ1) is 16.1. The monoisotopic (exact) mass is 397 g/mol. The Morgan fingerprint density at radius 3 is 2.86 bits per heavy atom. The highest BCUT2D eigenvalue weighted by Crippen LogP contribution is 2.40. The first-order chi connectivity index (χ1) is 13.7. The number of imidazole rings is 1. The molecule has 1 aromatic carbocycles. The van der Waals surface area contributed by atoms with Crippen LogP contribution in [0.15, 0.2) is 40.0 Å². The second kappa shape index (κ2) is 5.55. The smallest absolute Gasteiger partial charge is 0.345 e.